The van der Waals surface area contributed by atoms with Crippen LogP contribution >= 0.6 is 11.3 Å². The van der Waals surface area contributed by atoms with Crippen LogP contribution in [0.2, 0.25) is 0 Å². The van der Waals surface area contributed by atoms with Crippen LogP contribution < -0.4 is 21.7 Å². The van der Waals surface area contributed by atoms with Crippen molar-refractivity contribution in [3.63, 3.8) is 0 Å². The summed E-state index contributed by atoms with van der Waals surface area (Å²) in [4.78, 5) is 32.6. The number of carbonyl (C=O) groups is 1. The molecule has 7 N–H and O–H groups in total. The number of esters is 1. The first-order valence-corrected chi connectivity index (χ1v) is 10.9. The Balaban J connectivity index is 1.58. The maximum atomic E-state index is 12.8. The van der Waals surface area contributed by atoms with E-state index < -0.39 is 41.4 Å². The summed E-state index contributed by atoms with van der Waals surface area (Å²) in [6, 6.07) is -0.547. The predicted octanol–water partition coefficient (Wildman–Crippen LogP) is -0.845. The standard InChI is InChI=1S/C18H26N6O6S/c1-6(2)9(19)16(27)29-5-8-10(25)11(26)15(30-8)24-14-12(31-18(24)28)13(21-7-3-4-7)22-17(20)23-14/h6-11,15,25-26H,3-5,19H2,1-2H3,(H3,20,21,22,23)/t8-,9+,10-,11-,15-/m1/s1. The molecule has 1 saturated carbocycles. The van der Waals surface area contributed by atoms with Crippen molar-refractivity contribution in [3.05, 3.63) is 9.67 Å². The zero-order chi connectivity index (χ0) is 22.4. The van der Waals surface area contributed by atoms with Crippen LogP contribution in [0.15, 0.2) is 4.79 Å². The zero-order valence-corrected chi connectivity index (χ0v) is 17.9. The van der Waals surface area contributed by atoms with E-state index in [1.54, 1.807) is 13.8 Å². The number of aliphatic hydroxyl groups is 2. The summed E-state index contributed by atoms with van der Waals surface area (Å²) < 4.78 is 12.5. The fourth-order valence-corrected chi connectivity index (χ4v) is 4.19. The van der Waals surface area contributed by atoms with Crippen molar-refractivity contribution in [2.24, 2.45) is 11.7 Å². The van der Waals surface area contributed by atoms with Gasteiger partial charge < -0.3 is 36.5 Å². The number of hydrogen-bond acceptors (Lipinski definition) is 12. The summed E-state index contributed by atoms with van der Waals surface area (Å²) in [7, 11) is 0. The molecule has 2 fully saturated rings. The lowest BCUT2D eigenvalue weighted by molar-refractivity contribution is -0.152. The normalized spacial score (nSPS) is 27.0. The van der Waals surface area contributed by atoms with E-state index >= 15 is 0 Å². The number of carbonyl (C=O) groups excluding carboxylic acids is 1. The number of rotatable bonds is 7. The molecule has 0 bridgehead atoms. The summed E-state index contributed by atoms with van der Waals surface area (Å²) in [5, 5.41) is 24.2. The molecule has 1 aliphatic heterocycles. The van der Waals surface area contributed by atoms with E-state index in [4.69, 9.17) is 20.9 Å². The van der Waals surface area contributed by atoms with E-state index in [1.165, 1.54) is 0 Å². The van der Waals surface area contributed by atoms with E-state index in [0.717, 1.165) is 28.7 Å². The van der Waals surface area contributed by atoms with E-state index in [-0.39, 0.29) is 30.2 Å². The number of nitrogens with zero attached hydrogens (tertiary/aromatic N) is 3. The van der Waals surface area contributed by atoms with Gasteiger partial charge in [-0.1, -0.05) is 25.2 Å². The number of nitrogens with one attached hydrogen (secondary N) is 1. The fraction of sp³-hybridized carbons (Fsp3) is 0.667. The van der Waals surface area contributed by atoms with Crippen LogP contribution in [0.5, 0.6) is 0 Å². The Hall–Kier alpha value is -2.32. The minimum absolute atomic E-state index is 0.0385. The Morgan fingerprint density at radius 2 is 2.06 bits per heavy atom. The molecule has 2 aliphatic rings. The summed E-state index contributed by atoms with van der Waals surface area (Å²) in [5.74, 6) is -0.354. The highest BCUT2D eigenvalue weighted by molar-refractivity contribution is 7.17. The minimum atomic E-state index is -1.45. The van der Waals surface area contributed by atoms with Crippen molar-refractivity contribution in [1.82, 2.24) is 14.5 Å². The van der Waals surface area contributed by atoms with Crippen molar-refractivity contribution in [2.75, 3.05) is 17.7 Å². The number of hydrogen-bond donors (Lipinski definition) is 5. The molecular formula is C18H26N6O6S. The highest BCUT2D eigenvalue weighted by Crippen LogP contribution is 2.35. The topological polar surface area (TPSA) is 188 Å². The minimum Gasteiger partial charge on any atom is -0.462 e. The molecule has 13 heteroatoms. The fourth-order valence-electron chi connectivity index (χ4n) is 3.29. The average molecular weight is 455 g/mol. The highest BCUT2D eigenvalue weighted by atomic mass is 32.1. The Morgan fingerprint density at radius 1 is 1.35 bits per heavy atom. The van der Waals surface area contributed by atoms with Gasteiger partial charge in [0.05, 0.1) is 0 Å². The highest BCUT2D eigenvalue weighted by Gasteiger charge is 2.46. The first kappa shape index (κ1) is 21.9. The largest absolute Gasteiger partial charge is 0.462 e. The van der Waals surface area contributed by atoms with Gasteiger partial charge in [-0.05, 0) is 18.8 Å². The summed E-state index contributed by atoms with van der Waals surface area (Å²) in [5.41, 5.74) is 11.8. The van der Waals surface area contributed by atoms with Crippen molar-refractivity contribution < 1.29 is 24.5 Å². The molecule has 1 aliphatic carbocycles. The quantitative estimate of drug-likeness (QED) is 0.328. The molecule has 12 nitrogen and oxygen atoms in total. The molecule has 4 rings (SSSR count). The molecular weight excluding hydrogens is 428 g/mol. The SMILES string of the molecule is CC(C)[C@H](N)C(=O)OC[C@H]1O[C@@H](n2c(=O)sc3c(NC4CC4)nc(N)nc32)[C@H](O)[C@@H]1O. The van der Waals surface area contributed by atoms with Crippen molar-refractivity contribution in [3.8, 4) is 0 Å². The van der Waals surface area contributed by atoms with Gasteiger partial charge in [0.25, 0.3) is 0 Å². The van der Waals surface area contributed by atoms with Crippen LogP contribution in [-0.2, 0) is 14.3 Å². The number of aromatic nitrogens is 3. The molecule has 0 unspecified atom stereocenters. The van der Waals surface area contributed by atoms with Crippen molar-refractivity contribution in [2.45, 2.75) is 63.3 Å². The van der Waals surface area contributed by atoms with E-state index in [2.05, 4.69) is 15.3 Å². The Morgan fingerprint density at radius 3 is 2.71 bits per heavy atom. The number of ether oxygens (including phenoxy) is 2. The third-order valence-electron chi connectivity index (χ3n) is 5.37. The molecule has 2 aromatic heterocycles. The summed E-state index contributed by atoms with van der Waals surface area (Å²) in [6.45, 7) is 3.23. The smallest absolute Gasteiger partial charge is 0.323 e. The van der Waals surface area contributed by atoms with Crippen LogP contribution in [0.25, 0.3) is 10.3 Å². The van der Waals surface area contributed by atoms with Crippen LogP contribution in [-0.4, -0.2) is 67.7 Å². The molecule has 3 heterocycles. The van der Waals surface area contributed by atoms with Gasteiger partial charge in [-0.3, -0.25) is 14.2 Å². The number of aliphatic hydroxyl groups excluding tert-OH is 2. The van der Waals surface area contributed by atoms with Gasteiger partial charge >= 0.3 is 10.8 Å². The number of fused-ring (bicyclic) bond motifs is 1. The Bertz CT molecular complexity index is 1040. The second kappa shape index (κ2) is 8.31. The third-order valence-corrected chi connectivity index (χ3v) is 6.32. The lowest BCUT2D eigenvalue weighted by Gasteiger charge is -2.18. The number of nitrogen functional groups attached to an aromatic ring is 1. The van der Waals surface area contributed by atoms with Gasteiger partial charge in [0.2, 0.25) is 5.95 Å². The van der Waals surface area contributed by atoms with Gasteiger partial charge in [0, 0.05) is 6.04 Å². The Labute approximate surface area is 181 Å². The van der Waals surface area contributed by atoms with Crippen LogP contribution in [0.4, 0.5) is 11.8 Å². The zero-order valence-electron chi connectivity index (χ0n) is 17.1. The van der Waals surface area contributed by atoms with Crippen molar-refractivity contribution in [1.29, 1.82) is 0 Å². The first-order valence-electron chi connectivity index (χ1n) is 10.1. The van der Waals surface area contributed by atoms with Gasteiger partial charge in [0.15, 0.2) is 17.7 Å². The molecule has 0 amide bonds. The van der Waals surface area contributed by atoms with Gasteiger partial charge in [0.1, 0.15) is 35.7 Å². The van der Waals surface area contributed by atoms with Crippen molar-refractivity contribution >= 4 is 39.4 Å². The average Bonchev–Trinajstić information content (AvgIpc) is 3.41. The molecule has 0 aromatic carbocycles. The predicted molar refractivity (Wildman–Crippen MR) is 112 cm³/mol. The Kier molecular flexibility index (Phi) is 5.87. The molecule has 0 radical (unpaired) electrons. The van der Waals surface area contributed by atoms with E-state index in [0.29, 0.717) is 10.5 Å². The molecule has 31 heavy (non-hydrogen) atoms. The monoisotopic (exact) mass is 454 g/mol. The van der Waals surface area contributed by atoms with E-state index in [9.17, 15) is 19.8 Å². The lowest BCUT2D eigenvalue weighted by atomic mass is 10.1. The second-order valence-corrected chi connectivity index (χ2v) is 9.15. The molecule has 1 saturated heterocycles. The maximum Gasteiger partial charge on any atom is 0.323 e. The van der Waals surface area contributed by atoms with Crippen LogP contribution in [0.1, 0.15) is 32.9 Å². The third kappa shape index (κ3) is 4.23. The molecule has 170 valence electrons. The van der Waals surface area contributed by atoms with Gasteiger partial charge in [-0.2, -0.15) is 9.97 Å². The van der Waals surface area contributed by atoms with Gasteiger partial charge in [-0.25, -0.2) is 0 Å². The van der Waals surface area contributed by atoms with Crippen LogP contribution in [0, 0.1) is 5.92 Å². The first-order chi connectivity index (χ1) is 14.7. The van der Waals surface area contributed by atoms with E-state index in [1.807, 2.05) is 0 Å². The number of anilines is 2. The lowest BCUT2D eigenvalue weighted by Crippen LogP contribution is -2.40. The van der Waals surface area contributed by atoms with Crippen LogP contribution in [0.3, 0.4) is 0 Å². The van der Waals surface area contributed by atoms with Gasteiger partial charge in [-0.15, -0.1) is 0 Å². The molecule has 0 spiro atoms. The number of nitrogens with two attached hydrogens (primary N) is 2. The molecule has 2 aromatic rings. The summed E-state index contributed by atoms with van der Waals surface area (Å²) in [6.07, 6.45) is -3.13. The molecule has 5 atom stereocenters. The summed E-state index contributed by atoms with van der Waals surface area (Å²) >= 11 is 0.890. The number of thiazole rings is 1. The maximum absolute atomic E-state index is 12.8. The second-order valence-electron chi connectivity index (χ2n) is 8.19.